The fourth-order valence-electron chi connectivity index (χ4n) is 6.66. The standard InChI is InChI=1S/C35H50N6O10S/c1-10-20-17-35(20,30(45)39-52(47,48)51-34(8)13-14-34)38-28(43)25-15-21(41-24-16-22(49-9)11-12-23(24)26(42)18-36-41)19-40(25)29(44)27(32(2,3)4)37-31(46)50-33(5,6)7/h11-12,16,18,20-21,25,27H,10,13-15,17,19H2,1-9H3,(H,37,46)(H,38,43)(H,39,45)/t20-,21-,25+,27-,35-/m1/s1. The summed E-state index contributed by atoms with van der Waals surface area (Å²) in [5.41, 5.74) is -4.04. The number of carbonyl (C=O) groups excluding carboxylic acids is 4. The Labute approximate surface area is 303 Å². The van der Waals surface area contributed by atoms with Gasteiger partial charge in [-0.05, 0) is 70.4 Å². The van der Waals surface area contributed by atoms with E-state index in [0.717, 1.165) is 6.20 Å². The van der Waals surface area contributed by atoms with Gasteiger partial charge in [-0.15, -0.1) is 0 Å². The second-order valence-corrected chi connectivity index (χ2v) is 17.6. The molecule has 3 N–H and O–H groups in total. The van der Waals surface area contributed by atoms with Gasteiger partial charge in [-0.25, -0.2) is 13.7 Å². The summed E-state index contributed by atoms with van der Waals surface area (Å²) >= 11 is 0. The zero-order valence-corrected chi connectivity index (χ0v) is 32.0. The van der Waals surface area contributed by atoms with Crippen LogP contribution in [0.5, 0.6) is 5.75 Å². The maximum Gasteiger partial charge on any atom is 0.408 e. The van der Waals surface area contributed by atoms with Gasteiger partial charge in [0, 0.05) is 24.4 Å². The van der Waals surface area contributed by atoms with Crippen LogP contribution in [-0.2, 0) is 33.6 Å². The number of likely N-dealkylation sites (tertiary alicyclic amines) is 1. The minimum atomic E-state index is -4.47. The van der Waals surface area contributed by atoms with Crippen molar-refractivity contribution in [2.24, 2.45) is 11.3 Å². The van der Waals surface area contributed by atoms with Gasteiger partial charge in [0.25, 0.3) is 5.91 Å². The third-order valence-corrected chi connectivity index (χ3v) is 10.9. The molecule has 5 atom stereocenters. The Bertz CT molecular complexity index is 1930. The van der Waals surface area contributed by atoms with Crippen molar-refractivity contribution in [3.63, 3.8) is 0 Å². The van der Waals surface area contributed by atoms with Crippen LogP contribution in [0.3, 0.4) is 0 Å². The van der Waals surface area contributed by atoms with Gasteiger partial charge in [-0.2, -0.15) is 13.5 Å². The normalized spacial score (nSPS) is 24.5. The van der Waals surface area contributed by atoms with E-state index in [1.54, 1.807) is 71.3 Å². The van der Waals surface area contributed by atoms with Crippen molar-refractivity contribution >= 4 is 45.0 Å². The molecule has 0 bridgehead atoms. The Morgan fingerprint density at radius 1 is 1.10 bits per heavy atom. The average Bonchev–Trinajstić information content (AvgIpc) is 3.89. The van der Waals surface area contributed by atoms with Crippen molar-refractivity contribution < 1.29 is 41.3 Å². The van der Waals surface area contributed by atoms with Crippen LogP contribution in [0.15, 0.2) is 29.2 Å². The molecule has 16 nitrogen and oxygen atoms in total. The highest BCUT2D eigenvalue weighted by atomic mass is 32.2. The monoisotopic (exact) mass is 746 g/mol. The molecule has 1 saturated heterocycles. The van der Waals surface area contributed by atoms with Crippen molar-refractivity contribution in [2.75, 3.05) is 13.7 Å². The van der Waals surface area contributed by atoms with Crippen LogP contribution in [0.4, 0.5) is 4.79 Å². The lowest BCUT2D eigenvalue weighted by Crippen LogP contribution is -2.60. The Morgan fingerprint density at radius 3 is 2.33 bits per heavy atom. The molecule has 0 unspecified atom stereocenters. The molecule has 2 saturated carbocycles. The van der Waals surface area contributed by atoms with Gasteiger partial charge in [0.1, 0.15) is 29.0 Å². The lowest BCUT2D eigenvalue weighted by molar-refractivity contribution is -0.143. The number of methoxy groups -OCH3 is 1. The molecule has 4 amide bonds. The van der Waals surface area contributed by atoms with Gasteiger partial charge >= 0.3 is 16.4 Å². The predicted octanol–water partition coefficient (Wildman–Crippen LogP) is 2.70. The molecular weight excluding hydrogens is 696 g/mol. The molecule has 17 heteroatoms. The number of ether oxygens (including phenoxy) is 2. The highest BCUT2D eigenvalue weighted by molar-refractivity contribution is 7.85. The average molecular weight is 747 g/mol. The molecule has 1 aromatic carbocycles. The molecular formula is C35H50N6O10S. The third-order valence-electron chi connectivity index (χ3n) is 9.83. The second-order valence-electron chi connectivity index (χ2n) is 16.4. The number of fused-ring (bicyclic) bond motifs is 1. The van der Waals surface area contributed by atoms with Crippen molar-refractivity contribution in [1.29, 1.82) is 0 Å². The maximum atomic E-state index is 14.6. The van der Waals surface area contributed by atoms with E-state index in [2.05, 4.69) is 15.7 Å². The van der Waals surface area contributed by atoms with Gasteiger partial charge in [0.2, 0.25) is 17.2 Å². The number of carbonyl (C=O) groups is 4. The van der Waals surface area contributed by atoms with Crippen LogP contribution in [0.25, 0.3) is 10.9 Å². The molecule has 1 aromatic heterocycles. The van der Waals surface area contributed by atoms with E-state index in [1.165, 1.54) is 12.0 Å². The smallest absolute Gasteiger partial charge is 0.408 e. The number of rotatable bonds is 11. The van der Waals surface area contributed by atoms with Gasteiger partial charge in [-0.3, -0.25) is 23.9 Å². The Morgan fingerprint density at radius 2 is 1.77 bits per heavy atom. The first-order chi connectivity index (χ1) is 24.0. The summed E-state index contributed by atoms with van der Waals surface area (Å²) in [6, 6.07) is 1.92. The zero-order chi connectivity index (χ0) is 38.6. The number of amides is 4. The van der Waals surface area contributed by atoms with Crippen LogP contribution >= 0.6 is 0 Å². The van der Waals surface area contributed by atoms with Crippen molar-refractivity contribution in [2.45, 2.75) is 122 Å². The van der Waals surface area contributed by atoms with E-state index < -0.39 is 74.4 Å². The van der Waals surface area contributed by atoms with Gasteiger partial charge < -0.3 is 25.0 Å². The minimum absolute atomic E-state index is 0.0112. The van der Waals surface area contributed by atoms with E-state index in [4.69, 9.17) is 13.7 Å². The summed E-state index contributed by atoms with van der Waals surface area (Å²) in [4.78, 5) is 69.6. The first-order valence-electron chi connectivity index (χ1n) is 17.5. The molecule has 2 aromatic rings. The van der Waals surface area contributed by atoms with E-state index >= 15 is 0 Å². The number of benzene rings is 1. The molecule has 0 radical (unpaired) electrons. The maximum absolute atomic E-state index is 14.6. The number of nitrogens with zero attached hydrogens (tertiary/aromatic N) is 3. The fourth-order valence-corrected chi connectivity index (χ4v) is 7.81. The van der Waals surface area contributed by atoms with Crippen LogP contribution in [0, 0.1) is 11.3 Å². The number of hydrogen-bond donors (Lipinski definition) is 3. The Kier molecular flexibility index (Phi) is 10.2. The first kappa shape index (κ1) is 39.0. The highest BCUT2D eigenvalue weighted by Gasteiger charge is 2.62. The molecule has 52 heavy (non-hydrogen) atoms. The summed E-state index contributed by atoms with van der Waals surface area (Å²) in [7, 11) is -2.99. The van der Waals surface area contributed by atoms with E-state index in [0.29, 0.717) is 35.9 Å². The van der Waals surface area contributed by atoms with E-state index in [-0.39, 0.29) is 30.7 Å². The summed E-state index contributed by atoms with van der Waals surface area (Å²) in [6.45, 7) is 13.8. The Hall–Kier alpha value is -4.25. The zero-order valence-electron chi connectivity index (χ0n) is 31.2. The van der Waals surface area contributed by atoms with Crippen molar-refractivity contribution in [3.8, 4) is 5.75 Å². The minimum Gasteiger partial charge on any atom is -0.497 e. The Balaban J connectivity index is 1.50. The third kappa shape index (κ3) is 8.35. The van der Waals surface area contributed by atoms with E-state index in [9.17, 15) is 32.4 Å². The summed E-state index contributed by atoms with van der Waals surface area (Å²) < 4.78 is 45.1. The molecule has 5 rings (SSSR count). The molecule has 3 fully saturated rings. The molecule has 3 aliphatic rings. The van der Waals surface area contributed by atoms with Crippen LogP contribution < -0.4 is 25.5 Å². The second kappa shape index (κ2) is 13.6. The number of nitrogens with one attached hydrogen (secondary N) is 3. The van der Waals surface area contributed by atoms with Gasteiger partial charge in [0.05, 0.1) is 30.5 Å². The van der Waals surface area contributed by atoms with Crippen LogP contribution in [0.1, 0.15) is 93.5 Å². The van der Waals surface area contributed by atoms with Crippen LogP contribution in [0.2, 0.25) is 0 Å². The van der Waals surface area contributed by atoms with E-state index in [1.807, 2.05) is 11.6 Å². The van der Waals surface area contributed by atoms with Gasteiger partial charge in [0.15, 0.2) is 0 Å². The predicted molar refractivity (Wildman–Crippen MR) is 189 cm³/mol. The number of alkyl carbamates (subject to hydrolysis) is 1. The topological polar surface area (TPSA) is 204 Å². The fraction of sp³-hybridized carbons (Fsp3) is 0.657. The molecule has 0 spiro atoms. The summed E-state index contributed by atoms with van der Waals surface area (Å²) in [6.07, 6.45) is 2.05. The molecule has 2 heterocycles. The summed E-state index contributed by atoms with van der Waals surface area (Å²) in [5, 5.41) is 10.2. The SMILES string of the molecule is CC[C@@H]1C[C@]1(NC(=O)[C@@H]1C[C@@H](n2ncc(=O)c3ccc(OC)cc32)CN1C(=O)[C@@H](NC(=O)OC(C)(C)C)C(C)(C)C)C(=O)NS(=O)(=O)OC1(C)CC1. The van der Waals surface area contributed by atoms with Crippen LogP contribution in [-0.4, -0.2) is 89.4 Å². The molecule has 2 aliphatic carbocycles. The lowest BCUT2D eigenvalue weighted by Gasteiger charge is -2.36. The highest BCUT2D eigenvalue weighted by Crippen LogP contribution is 2.47. The lowest BCUT2D eigenvalue weighted by atomic mass is 9.85. The number of hydrogen-bond acceptors (Lipinski definition) is 11. The number of aromatic nitrogens is 2. The van der Waals surface area contributed by atoms with Gasteiger partial charge in [-0.1, -0.05) is 34.1 Å². The molecule has 1 aliphatic heterocycles. The van der Waals surface area contributed by atoms with Crippen molar-refractivity contribution in [1.82, 2.24) is 30.0 Å². The summed E-state index contributed by atoms with van der Waals surface area (Å²) in [5.74, 6) is -2.12. The quantitative estimate of drug-likeness (QED) is 0.305. The largest absolute Gasteiger partial charge is 0.497 e. The molecule has 286 valence electrons. The van der Waals surface area contributed by atoms with Crippen molar-refractivity contribution in [3.05, 3.63) is 34.6 Å². The first-order valence-corrected chi connectivity index (χ1v) is 18.9.